The van der Waals surface area contributed by atoms with Crippen LogP contribution in [0.1, 0.15) is 18.1 Å². The Balaban J connectivity index is 2.06. The van der Waals surface area contributed by atoms with E-state index in [0.29, 0.717) is 12.8 Å². The van der Waals surface area contributed by atoms with Gasteiger partial charge in [-0.3, -0.25) is 0 Å². The first-order valence-electron chi connectivity index (χ1n) is 7.01. The molecule has 1 unspecified atom stereocenters. The van der Waals surface area contributed by atoms with Gasteiger partial charge in [0.25, 0.3) is 0 Å². The molecule has 2 aromatic carbocycles. The second-order valence-corrected chi connectivity index (χ2v) is 5.55. The maximum Gasteiger partial charge on any atom is 0.119 e. The standard InChI is InChI=1S/C18H22O3/c1-18(19,12-14-7-9-16(20-2)10-8-14)13-15-5-4-6-17(11-15)21-3/h4-11,19H,12-13H2,1-3H3. The van der Waals surface area contributed by atoms with Gasteiger partial charge >= 0.3 is 0 Å². The Morgan fingerprint density at radius 2 is 1.48 bits per heavy atom. The van der Waals surface area contributed by atoms with Crippen LogP contribution in [0.3, 0.4) is 0 Å². The molecule has 0 radical (unpaired) electrons. The molecule has 0 saturated carbocycles. The van der Waals surface area contributed by atoms with E-state index in [0.717, 1.165) is 22.6 Å². The SMILES string of the molecule is COc1ccc(CC(C)(O)Cc2cccc(OC)c2)cc1. The van der Waals surface area contributed by atoms with Gasteiger partial charge in [-0.2, -0.15) is 0 Å². The lowest BCUT2D eigenvalue weighted by Gasteiger charge is -2.24. The Kier molecular flexibility index (Phi) is 4.86. The van der Waals surface area contributed by atoms with Crippen LogP contribution in [0.5, 0.6) is 11.5 Å². The maximum absolute atomic E-state index is 10.6. The first-order chi connectivity index (χ1) is 10.0. The van der Waals surface area contributed by atoms with Crippen LogP contribution in [-0.2, 0) is 12.8 Å². The fourth-order valence-electron chi connectivity index (χ4n) is 2.47. The summed E-state index contributed by atoms with van der Waals surface area (Å²) in [5, 5.41) is 10.6. The van der Waals surface area contributed by atoms with E-state index >= 15 is 0 Å². The molecule has 0 spiro atoms. The van der Waals surface area contributed by atoms with Gasteiger partial charge < -0.3 is 14.6 Å². The van der Waals surface area contributed by atoms with Gasteiger partial charge in [0.2, 0.25) is 0 Å². The van der Waals surface area contributed by atoms with Crippen molar-refractivity contribution in [1.82, 2.24) is 0 Å². The highest BCUT2D eigenvalue weighted by Gasteiger charge is 2.21. The lowest BCUT2D eigenvalue weighted by atomic mass is 9.90. The second kappa shape index (κ2) is 6.64. The molecule has 3 heteroatoms. The van der Waals surface area contributed by atoms with Gasteiger partial charge in [-0.25, -0.2) is 0 Å². The number of methoxy groups -OCH3 is 2. The highest BCUT2D eigenvalue weighted by molar-refractivity contribution is 5.31. The van der Waals surface area contributed by atoms with E-state index in [-0.39, 0.29) is 0 Å². The van der Waals surface area contributed by atoms with Crippen molar-refractivity contribution < 1.29 is 14.6 Å². The van der Waals surface area contributed by atoms with Crippen molar-refractivity contribution >= 4 is 0 Å². The molecule has 0 aromatic heterocycles. The number of hydrogen-bond donors (Lipinski definition) is 1. The fraction of sp³-hybridized carbons (Fsp3) is 0.333. The minimum atomic E-state index is -0.805. The third kappa shape index (κ3) is 4.50. The van der Waals surface area contributed by atoms with Gasteiger partial charge in [0.05, 0.1) is 19.8 Å². The summed E-state index contributed by atoms with van der Waals surface area (Å²) in [5.41, 5.74) is 1.34. The molecular weight excluding hydrogens is 264 g/mol. The van der Waals surface area contributed by atoms with Gasteiger partial charge in [-0.05, 0) is 42.3 Å². The van der Waals surface area contributed by atoms with Crippen molar-refractivity contribution in [2.45, 2.75) is 25.4 Å². The molecule has 0 amide bonds. The molecule has 0 fully saturated rings. The van der Waals surface area contributed by atoms with Gasteiger partial charge in [0.15, 0.2) is 0 Å². The number of aliphatic hydroxyl groups is 1. The molecule has 3 nitrogen and oxygen atoms in total. The number of benzene rings is 2. The van der Waals surface area contributed by atoms with E-state index in [1.807, 2.05) is 55.5 Å². The lowest BCUT2D eigenvalue weighted by Crippen LogP contribution is -2.30. The summed E-state index contributed by atoms with van der Waals surface area (Å²) >= 11 is 0. The zero-order valence-electron chi connectivity index (χ0n) is 12.8. The highest BCUT2D eigenvalue weighted by atomic mass is 16.5. The molecule has 0 aliphatic carbocycles. The van der Waals surface area contributed by atoms with Gasteiger partial charge in [-0.1, -0.05) is 24.3 Å². The first kappa shape index (κ1) is 15.4. The average Bonchev–Trinajstić information content (AvgIpc) is 2.47. The molecule has 0 bridgehead atoms. The smallest absolute Gasteiger partial charge is 0.119 e. The predicted molar refractivity (Wildman–Crippen MR) is 84.0 cm³/mol. The predicted octanol–water partition coefficient (Wildman–Crippen LogP) is 3.24. The van der Waals surface area contributed by atoms with Crippen LogP contribution in [0.25, 0.3) is 0 Å². The Morgan fingerprint density at radius 3 is 2.10 bits per heavy atom. The molecule has 0 aliphatic heterocycles. The third-order valence-electron chi connectivity index (χ3n) is 3.46. The summed E-state index contributed by atoms with van der Waals surface area (Å²) in [6, 6.07) is 15.6. The van der Waals surface area contributed by atoms with Crippen LogP contribution in [0.15, 0.2) is 48.5 Å². The molecule has 2 aromatic rings. The molecule has 1 atom stereocenters. The maximum atomic E-state index is 10.6. The zero-order chi connectivity index (χ0) is 15.3. The van der Waals surface area contributed by atoms with Crippen molar-refractivity contribution in [3.63, 3.8) is 0 Å². The summed E-state index contributed by atoms with van der Waals surface area (Å²) in [6.07, 6.45) is 1.17. The van der Waals surface area contributed by atoms with E-state index in [4.69, 9.17) is 9.47 Å². The molecular formula is C18H22O3. The summed E-state index contributed by atoms with van der Waals surface area (Å²) in [6.45, 7) is 1.86. The van der Waals surface area contributed by atoms with Crippen LogP contribution >= 0.6 is 0 Å². The molecule has 2 rings (SSSR count). The van der Waals surface area contributed by atoms with E-state index in [9.17, 15) is 5.11 Å². The Bertz CT molecular complexity index is 573. The van der Waals surface area contributed by atoms with Crippen LogP contribution < -0.4 is 9.47 Å². The number of ether oxygens (including phenoxy) is 2. The molecule has 1 N–H and O–H groups in total. The second-order valence-electron chi connectivity index (χ2n) is 5.55. The molecule has 0 heterocycles. The van der Waals surface area contributed by atoms with Crippen molar-refractivity contribution in [3.05, 3.63) is 59.7 Å². The summed E-state index contributed by atoms with van der Waals surface area (Å²) in [5.74, 6) is 1.64. The zero-order valence-corrected chi connectivity index (χ0v) is 12.8. The van der Waals surface area contributed by atoms with Crippen LogP contribution in [0, 0.1) is 0 Å². The van der Waals surface area contributed by atoms with E-state index < -0.39 is 5.60 Å². The third-order valence-corrected chi connectivity index (χ3v) is 3.46. The largest absolute Gasteiger partial charge is 0.497 e. The van der Waals surface area contributed by atoms with Gasteiger partial charge in [-0.15, -0.1) is 0 Å². The minimum Gasteiger partial charge on any atom is -0.497 e. The lowest BCUT2D eigenvalue weighted by molar-refractivity contribution is 0.0608. The highest BCUT2D eigenvalue weighted by Crippen LogP contribution is 2.22. The van der Waals surface area contributed by atoms with Crippen molar-refractivity contribution in [2.24, 2.45) is 0 Å². The van der Waals surface area contributed by atoms with Crippen LogP contribution in [0.4, 0.5) is 0 Å². The van der Waals surface area contributed by atoms with Crippen LogP contribution in [0.2, 0.25) is 0 Å². The molecule has 0 aliphatic rings. The summed E-state index contributed by atoms with van der Waals surface area (Å²) < 4.78 is 10.4. The Hall–Kier alpha value is -2.00. The normalized spacial score (nSPS) is 13.5. The topological polar surface area (TPSA) is 38.7 Å². The molecule has 0 saturated heterocycles. The molecule has 112 valence electrons. The fourth-order valence-corrected chi connectivity index (χ4v) is 2.47. The van der Waals surface area contributed by atoms with Gasteiger partial charge in [0, 0.05) is 12.8 Å². The van der Waals surface area contributed by atoms with Crippen molar-refractivity contribution in [3.8, 4) is 11.5 Å². The van der Waals surface area contributed by atoms with E-state index in [1.54, 1.807) is 14.2 Å². The summed E-state index contributed by atoms with van der Waals surface area (Å²) in [4.78, 5) is 0. The Labute approximate surface area is 126 Å². The van der Waals surface area contributed by atoms with Crippen molar-refractivity contribution in [2.75, 3.05) is 14.2 Å². The van der Waals surface area contributed by atoms with Gasteiger partial charge in [0.1, 0.15) is 11.5 Å². The van der Waals surface area contributed by atoms with Crippen LogP contribution in [-0.4, -0.2) is 24.9 Å². The van der Waals surface area contributed by atoms with E-state index in [2.05, 4.69) is 0 Å². The first-order valence-corrected chi connectivity index (χ1v) is 7.01. The average molecular weight is 286 g/mol. The number of rotatable bonds is 6. The number of hydrogen-bond acceptors (Lipinski definition) is 3. The summed E-state index contributed by atoms with van der Waals surface area (Å²) in [7, 11) is 3.29. The molecule has 21 heavy (non-hydrogen) atoms. The minimum absolute atomic E-state index is 0.580. The quantitative estimate of drug-likeness (QED) is 0.886. The van der Waals surface area contributed by atoms with Crippen molar-refractivity contribution in [1.29, 1.82) is 0 Å². The van der Waals surface area contributed by atoms with E-state index in [1.165, 1.54) is 0 Å². The monoisotopic (exact) mass is 286 g/mol. The Morgan fingerprint density at radius 1 is 0.857 bits per heavy atom.